The first kappa shape index (κ1) is 15.9. The molecule has 3 N–H and O–H groups in total. The summed E-state index contributed by atoms with van der Waals surface area (Å²) in [7, 11) is 0. The average Bonchev–Trinajstić information content (AvgIpc) is 2.17. The van der Waals surface area contributed by atoms with Crippen LogP contribution in [0.2, 0.25) is 10.0 Å². The van der Waals surface area contributed by atoms with E-state index in [-0.39, 0.29) is 23.0 Å². The fourth-order valence-corrected chi connectivity index (χ4v) is 1.61. The predicted molar refractivity (Wildman–Crippen MR) is 62.7 cm³/mol. The zero-order valence-corrected chi connectivity index (χ0v) is 10.3. The highest BCUT2D eigenvalue weighted by Crippen LogP contribution is 2.33. The molecule has 0 saturated carbocycles. The minimum atomic E-state index is -3.41. The first-order valence-electron chi connectivity index (χ1n) is 4.07. The van der Waals surface area contributed by atoms with Crippen molar-refractivity contribution in [3.05, 3.63) is 33.8 Å². The lowest BCUT2D eigenvalue weighted by Gasteiger charge is -2.22. The second kappa shape index (κ2) is 5.98. The summed E-state index contributed by atoms with van der Waals surface area (Å²) >= 11 is 11.3. The maximum atomic E-state index is 13.0. The average molecular weight is 293 g/mol. The number of alkyl halides is 2. The van der Waals surface area contributed by atoms with Crippen molar-refractivity contribution in [3.63, 3.8) is 0 Å². The zero-order valence-electron chi connectivity index (χ0n) is 7.96. The lowest BCUT2D eigenvalue weighted by Crippen LogP contribution is -2.36. The van der Waals surface area contributed by atoms with Crippen LogP contribution in [0.4, 0.5) is 8.78 Å². The molecule has 0 aliphatic rings. The van der Waals surface area contributed by atoms with E-state index < -0.39 is 18.6 Å². The van der Waals surface area contributed by atoms with Crippen LogP contribution >= 0.6 is 35.6 Å². The maximum absolute atomic E-state index is 13.0. The van der Waals surface area contributed by atoms with E-state index >= 15 is 0 Å². The molecule has 0 fully saturated rings. The molecule has 16 heavy (non-hydrogen) atoms. The van der Waals surface area contributed by atoms with E-state index in [2.05, 4.69) is 0 Å². The molecule has 1 aromatic rings. The minimum Gasteiger partial charge on any atom is -0.390 e. The van der Waals surface area contributed by atoms with Crippen LogP contribution in [0.15, 0.2) is 18.2 Å². The van der Waals surface area contributed by atoms with Crippen LogP contribution in [0.5, 0.6) is 0 Å². The second-order valence-corrected chi connectivity index (χ2v) is 3.91. The van der Waals surface area contributed by atoms with Crippen molar-refractivity contribution in [2.75, 3.05) is 6.61 Å². The van der Waals surface area contributed by atoms with E-state index in [9.17, 15) is 8.78 Å². The molecule has 1 atom stereocenters. The van der Waals surface area contributed by atoms with Gasteiger partial charge in [0.25, 0.3) is 5.92 Å². The summed E-state index contributed by atoms with van der Waals surface area (Å²) in [4.78, 5) is 0. The molecule has 1 rings (SSSR count). The van der Waals surface area contributed by atoms with Crippen LogP contribution in [-0.4, -0.2) is 17.6 Å². The smallest absolute Gasteiger partial charge is 0.289 e. The highest BCUT2D eigenvalue weighted by atomic mass is 35.5. The van der Waals surface area contributed by atoms with E-state index in [1.165, 1.54) is 18.2 Å². The number of hydrogen-bond acceptors (Lipinski definition) is 2. The van der Waals surface area contributed by atoms with E-state index in [0.29, 0.717) is 5.02 Å². The fraction of sp³-hybridized carbons (Fsp3) is 0.333. The second-order valence-electron chi connectivity index (χ2n) is 3.06. The molecule has 0 aromatic heterocycles. The van der Waals surface area contributed by atoms with Gasteiger partial charge in [0.05, 0.1) is 6.04 Å². The van der Waals surface area contributed by atoms with Gasteiger partial charge in [0.1, 0.15) is 6.61 Å². The Hall–Kier alpha value is -0.130. The zero-order chi connectivity index (χ0) is 11.6. The highest BCUT2D eigenvalue weighted by Gasteiger charge is 2.38. The summed E-state index contributed by atoms with van der Waals surface area (Å²) in [5.41, 5.74) is 5.35. The fourth-order valence-electron chi connectivity index (χ4n) is 1.08. The van der Waals surface area contributed by atoms with Gasteiger partial charge in [0, 0.05) is 10.0 Å². The summed E-state index contributed by atoms with van der Waals surface area (Å²) in [5, 5.41) is 8.87. The van der Waals surface area contributed by atoms with Crippen LogP contribution < -0.4 is 5.73 Å². The van der Waals surface area contributed by atoms with Crippen molar-refractivity contribution in [2.45, 2.75) is 12.0 Å². The number of halogens is 5. The van der Waals surface area contributed by atoms with Crippen molar-refractivity contribution in [3.8, 4) is 0 Å². The van der Waals surface area contributed by atoms with Gasteiger partial charge >= 0.3 is 0 Å². The topological polar surface area (TPSA) is 46.2 Å². The SMILES string of the molecule is Cl.N[C@@H](c1ccc(Cl)cc1Cl)C(F)(F)CO. The Balaban J connectivity index is 0.00000225. The quantitative estimate of drug-likeness (QED) is 0.899. The standard InChI is InChI=1S/C9H9Cl2F2NO.ClH/c10-5-1-2-6(7(11)3-5)8(14)9(12,13)4-15;/h1-3,8,15H,4,14H2;1H/t8-;/m0./s1. The van der Waals surface area contributed by atoms with Gasteiger partial charge in [-0.25, -0.2) is 8.78 Å². The Bertz CT molecular complexity index is 363. The molecule has 2 nitrogen and oxygen atoms in total. The molecule has 0 unspecified atom stereocenters. The Morgan fingerprint density at radius 2 is 1.94 bits per heavy atom. The first-order valence-corrected chi connectivity index (χ1v) is 4.83. The van der Waals surface area contributed by atoms with E-state index in [0.717, 1.165) is 0 Å². The number of aliphatic hydroxyl groups excluding tert-OH is 1. The number of aliphatic hydroxyl groups is 1. The molecule has 7 heteroatoms. The molecule has 0 aliphatic heterocycles. The van der Waals surface area contributed by atoms with Gasteiger partial charge in [-0.2, -0.15) is 0 Å². The minimum absolute atomic E-state index is 0. The summed E-state index contributed by atoms with van der Waals surface area (Å²) in [5.74, 6) is -3.41. The lowest BCUT2D eigenvalue weighted by molar-refractivity contribution is -0.0711. The molecule has 1 aromatic carbocycles. The molecule has 92 valence electrons. The van der Waals surface area contributed by atoms with Gasteiger partial charge in [-0.05, 0) is 17.7 Å². The summed E-state index contributed by atoms with van der Waals surface area (Å²) in [6.45, 7) is -1.33. The third-order valence-corrected chi connectivity index (χ3v) is 2.53. The Labute approximate surface area is 108 Å². The molecular weight excluding hydrogens is 282 g/mol. The van der Waals surface area contributed by atoms with Crippen LogP contribution in [-0.2, 0) is 0 Å². The molecule has 0 spiro atoms. The number of hydrogen-bond donors (Lipinski definition) is 2. The van der Waals surface area contributed by atoms with Crippen molar-refractivity contribution in [1.82, 2.24) is 0 Å². The third-order valence-electron chi connectivity index (χ3n) is 1.96. The van der Waals surface area contributed by atoms with Gasteiger partial charge in [0.2, 0.25) is 0 Å². The normalized spacial score (nSPS) is 13.1. The van der Waals surface area contributed by atoms with E-state index in [1.54, 1.807) is 0 Å². The molecule has 0 saturated heterocycles. The van der Waals surface area contributed by atoms with Crippen LogP contribution in [0.25, 0.3) is 0 Å². The molecule has 0 aliphatic carbocycles. The molecular formula is C9H10Cl3F2NO. The first-order chi connectivity index (χ1) is 6.88. The lowest BCUT2D eigenvalue weighted by atomic mass is 10.0. The highest BCUT2D eigenvalue weighted by molar-refractivity contribution is 6.35. The van der Waals surface area contributed by atoms with Gasteiger partial charge < -0.3 is 10.8 Å². The van der Waals surface area contributed by atoms with Crippen LogP contribution in [0, 0.1) is 0 Å². The largest absolute Gasteiger partial charge is 0.390 e. The molecule has 0 heterocycles. The molecule has 0 bridgehead atoms. The van der Waals surface area contributed by atoms with Crippen molar-refractivity contribution in [1.29, 1.82) is 0 Å². The van der Waals surface area contributed by atoms with Crippen molar-refractivity contribution in [2.24, 2.45) is 5.73 Å². The Morgan fingerprint density at radius 3 is 2.38 bits per heavy atom. The van der Waals surface area contributed by atoms with Crippen molar-refractivity contribution >= 4 is 35.6 Å². The third kappa shape index (κ3) is 3.43. The Kier molecular flexibility index (Phi) is 5.93. The number of nitrogens with two attached hydrogens (primary N) is 1. The van der Waals surface area contributed by atoms with E-state index in [1.807, 2.05) is 0 Å². The predicted octanol–water partition coefficient (Wildman–Crippen LogP) is 3.04. The summed E-state index contributed by atoms with van der Waals surface area (Å²) in [6.07, 6.45) is 0. The maximum Gasteiger partial charge on any atom is 0.289 e. The van der Waals surface area contributed by atoms with Gasteiger partial charge in [-0.3, -0.25) is 0 Å². The van der Waals surface area contributed by atoms with Crippen LogP contribution in [0.1, 0.15) is 11.6 Å². The van der Waals surface area contributed by atoms with Crippen LogP contribution in [0.3, 0.4) is 0 Å². The molecule has 0 radical (unpaired) electrons. The monoisotopic (exact) mass is 291 g/mol. The van der Waals surface area contributed by atoms with Gasteiger partial charge in [-0.15, -0.1) is 12.4 Å². The van der Waals surface area contributed by atoms with Gasteiger partial charge in [0.15, 0.2) is 0 Å². The summed E-state index contributed by atoms with van der Waals surface area (Å²) in [6, 6.07) is 2.41. The molecule has 0 amide bonds. The van der Waals surface area contributed by atoms with Gasteiger partial charge in [-0.1, -0.05) is 29.3 Å². The number of benzene rings is 1. The number of rotatable bonds is 3. The van der Waals surface area contributed by atoms with E-state index in [4.69, 9.17) is 34.0 Å². The Morgan fingerprint density at radius 1 is 1.38 bits per heavy atom. The summed E-state index contributed by atoms with van der Waals surface area (Å²) < 4.78 is 26.1. The van der Waals surface area contributed by atoms with Crippen molar-refractivity contribution < 1.29 is 13.9 Å².